The van der Waals surface area contributed by atoms with Crippen LogP contribution in [0.1, 0.15) is 13.8 Å². The lowest BCUT2D eigenvalue weighted by Gasteiger charge is -2.18. The van der Waals surface area contributed by atoms with Crippen molar-refractivity contribution in [3.8, 4) is 0 Å². The molecule has 0 aromatic rings. The van der Waals surface area contributed by atoms with Gasteiger partial charge in [0.2, 0.25) is 10.0 Å². The molecule has 0 radical (unpaired) electrons. The molecule has 0 bridgehead atoms. The molecule has 0 aliphatic carbocycles. The Balaban J connectivity index is 4.33. The van der Waals surface area contributed by atoms with Crippen LogP contribution in [-0.4, -0.2) is 45.1 Å². The number of carbonyl (C=O) groups excluding carboxylic acids is 1. The van der Waals surface area contributed by atoms with E-state index in [1.165, 1.54) is 18.5 Å². The van der Waals surface area contributed by atoms with E-state index in [2.05, 4.69) is 4.74 Å². The average Bonchev–Trinajstić information content (AvgIpc) is 2.16. The minimum Gasteiger partial charge on any atom is -0.469 e. The van der Waals surface area contributed by atoms with Crippen molar-refractivity contribution in [2.45, 2.75) is 13.8 Å². The van der Waals surface area contributed by atoms with Gasteiger partial charge in [0.1, 0.15) is 0 Å². The second-order valence-corrected chi connectivity index (χ2v) is 5.47. The minimum atomic E-state index is -3.21. The largest absolute Gasteiger partial charge is 0.469 e. The average molecular weight is 223 g/mol. The Morgan fingerprint density at radius 1 is 1.50 bits per heavy atom. The van der Waals surface area contributed by atoms with Gasteiger partial charge in [0.15, 0.2) is 0 Å². The van der Waals surface area contributed by atoms with Gasteiger partial charge in [-0.2, -0.15) is 0 Å². The maximum absolute atomic E-state index is 11.3. The summed E-state index contributed by atoms with van der Waals surface area (Å²) >= 11 is 0. The fourth-order valence-electron chi connectivity index (χ4n) is 0.995. The van der Waals surface area contributed by atoms with Gasteiger partial charge in [-0.3, -0.25) is 4.79 Å². The van der Waals surface area contributed by atoms with Crippen LogP contribution in [0.15, 0.2) is 0 Å². The lowest BCUT2D eigenvalue weighted by Crippen LogP contribution is -2.35. The normalized spacial score (nSPS) is 14.1. The van der Waals surface area contributed by atoms with E-state index in [0.29, 0.717) is 0 Å². The van der Waals surface area contributed by atoms with Crippen molar-refractivity contribution in [3.05, 3.63) is 0 Å². The van der Waals surface area contributed by atoms with E-state index in [1.54, 1.807) is 13.8 Å². The molecule has 1 unspecified atom stereocenters. The van der Waals surface area contributed by atoms with Crippen molar-refractivity contribution in [1.82, 2.24) is 4.31 Å². The van der Waals surface area contributed by atoms with Gasteiger partial charge in [0, 0.05) is 13.6 Å². The minimum absolute atomic E-state index is 0.0391. The number of sulfonamides is 1. The summed E-state index contributed by atoms with van der Waals surface area (Å²) < 4.78 is 28.3. The summed E-state index contributed by atoms with van der Waals surface area (Å²) in [4.78, 5) is 11.0. The Kier molecular flexibility index (Phi) is 5.07. The third-order valence-electron chi connectivity index (χ3n) is 1.97. The topological polar surface area (TPSA) is 63.7 Å². The zero-order chi connectivity index (χ0) is 11.4. The Labute approximate surface area is 85.1 Å². The number of rotatable bonds is 5. The second-order valence-electron chi connectivity index (χ2n) is 3.11. The van der Waals surface area contributed by atoms with Crippen molar-refractivity contribution >= 4 is 16.0 Å². The zero-order valence-corrected chi connectivity index (χ0v) is 9.80. The predicted molar refractivity (Wildman–Crippen MR) is 53.3 cm³/mol. The highest BCUT2D eigenvalue weighted by Gasteiger charge is 2.21. The number of ether oxygens (including phenoxy) is 1. The molecule has 0 N–H and O–H groups in total. The Bertz CT molecular complexity index is 286. The predicted octanol–water partition coefficient (Wildman–Crippen LogP) is 0.0770. The summed E-state index contributed by atoms with van der Waals surface area (Å²) in [5.41, 5.74) is 0. The van der Waals surface area contributed by atoms with Gasteiger partial charge in [-0.1, -0.05) is 6.92 Å². The Morgan fingerprint density at radius 2 is 2.00 bits per heavy atom. The molecule has 0 rings (SSSR count). The van der Waals surface area contributed by atoms with Crippen molar-refractivity contribution in [2.75, 3.05) is 26.5 Å². The van der Waals surface area contributed by atoms with Crippen molar-refractivity contribution < 1.29 is 17.9 Å². The molecule has 6 heteroatoms. The Morgan fingerprint density at radius 3 is 2.36 bits per heavy atom. The summed E-state index contributed by atoms with van der Waals surface area (Å²) in [5.74, 6) is -0.799. The smallest absolute Gasteiger partial charge is 0.309 e. The van der Waals surface area contributed by atoms with E-state index >= 15 is 0 Å². The first-order valence-corrected chi connectivity index (χ1v) is 5.98. The van der Waals surface area contributed by atoms with Crippen molar-refractivity contribution in [3.63, 3.8) is 0 Å². The summed E-state index contributed by atoms with van der Waals surface area (Å²) in [6.45, 7) is 3.35. The van der Waals surface area contributed by atoms with Gasteiger partial charge in [0.05, 0.1) is 18.8 Å². The lowest BCUT2D eigenvalue weighted by atomic mass is 10.2. The molecular formula is C8H17NO4S. The molecule has 5 nitrogen and oxygen atoms in total. The molecule has 0 aliphatic rings. The number of esters is 1. The van der Waals surface area contributed by atoms with Gasteiger partial charge in [-0.15, -0.1) is 0 Å². The first-order chi connectivity index (χ1) is 6.35. The molecule has 0 amide bonds. The molecule has 84 valence electrons. The molecular weight excluding hydrogens is 206 g/mol. The fourth-order valence-corrected chi connectivity index (χ4v) is 1.89. The van der Waals surface area contributed by atoms with Crippen LogP contribution < -0.4 is 0 Å². The van der Waals surface area contributed by atoms with Gasteiger partial charge in [0.25, 0.3) is 0 Å². The van der Waals surface area contributed by atoms with Crippen LogP contribution in [-0.2, 0) is 19.6 Å². The first-order valence-electron chi connectivity index (χ1n) is 4.37. The molecule has 0 aliphatic heterocycles. The van der Waals surface area contributed by atoms with E-state index in [4.69, 9.17) is 0 Å². The monoisotopic (exact) mass is 223 g/mol. The van der Waals surface area contributed by atoms with E-state index in [9.17, 15) is 13.2 Å². The number of methoxy groups -OCH3 is 1. The van der Waals surface area contributed by atoms with Crippen LogP contribution in [0.2, 0.25) is 0 Å². The van der Waals surface area contributed by atoms with E-state index in [1.807, 2.05) is 0 Å². The van der Waals surface area contributed by atoms with Crippen LogP contribution in [0.4, 0.5) is 0 Å². The highest BCUT2D eigenvalue weighted by Crippen LogP contribution is 2.05. The quantitative estimate of drug-likeness (QED) is 0.619. The van der Waals surface area contributed by atoms with E-state index in [-0.39, 0.29) is 12.3 Å². The highest BCUT2D eigenvalue weighted by molar-refractivity contribution is 7.89. The SMILES string of the molecule is CCS(=O)(=O)N(C)CC(C)C(=O)OC. The van der Waals surface area contributed by atoms with Crippen LogP contribution in [0.25, 0.3) is 0 Å². The summed E-state index contributed by atoms with van der Waals surface area (Å²) in [6, 6.07) is 0. The second kappa shape index (κ2) is 5.31. The zero-order valence-electron chi connectivity index (χ0n) is 8.98. The molecule has 0 aromatic carbocycles. The maximum Gasteiger partial charge on any atom is 0.309 e. The fraction of sp³-hybridized carbons (Fsp3) is 0.875. The maximum atomic E-state index is 11.3. The first kappa shape index (κ1) is 13.4. The number of hydrogen-bond acceptors (Lipinski definition) is 4. The van der Waals surface area contributed by atoms with Crippen molar-refractivity contribution in [2.24, 2.45) is 5.92 Å². The van der Waals surface area contributed by atoms with Gasteiger partial charge >= 0.3 is 5.97 Å². The molecule has 14 heavy (non-hydrogen) atoms. The summed E-state index contributed by atoms with van der Waals surface area (Å²) in [6.07, 6.45) is 0. The molecule has 0 aromatic heterocycles. The highest BCUT2D eigenvalue weighted by atomic mass is 32.2. The molecule has 0 spiro atoms. The third kappa shape index (κ3) is 3.63. The lowest BCUT2D eigenvalue weighted by molar-refractivity contribution is -0.144. The summed E-state index contributed by atoms with van der Waals surface area (Å²) in [7, 11) is -0.468. The number of carbonyl (C=O) groups is 1. The molecule has 1 atom stereocenters. The number of nitrogens with zero attached hydrogens (tertiary/aromatic N) is 1. The molecule has 0 saturated heterocycles. The standard InChI is InChI=1S/C8H17NO4S/c1-5-14(11,12)9(3)6-7(2)8(10)13-4/h7H,5-6H2,1-4H3. The molecule has 0 fully saturated rings. The Hall–Kier alpha value is -0.620. The van der Waals surface area contributed by atoms with Crippen LogP contribution >= 0.6 is 0 Å². The van der Waals surface area contributed by atoms with E-state index in [0.717, 1.165) is 0 Å². The van der Waals surface area contributed by atoms with E-state index < -0.39 is 21.9 Å². The van der Waals surface area contributed by atoms with Crippen LogP contribution in [0, 0.1) is 5.92 Å². The van der Waals surface area contributed by atoms with Crippen LogP contribution in [0.5, 0.6) is 0 Å². The molecule has 0 saturated carbocycles. The van der Waals surface area contributed by atoms with Gasteiger partial charge in [-0.05, 0) is 6.92 Å². The number of hydrogen-bond donors (Lipinski definition) is 0. The summed E-state index contributed by atoms with van der Waals surface area (Å²) in [5, 5.41) is 0. The van der Waals surface area contributed by atoms with Crippen LogP contribution in [0.3, 0.4) is 0 Å². The molecule has 0 heterocycles. The third-order valence-corrected chi connectivity index (χ3v) is 3.80. The van der Waals surface area contributed by atoms with Gasteiger partial charge in [-0.25, -0.2) is 12.7 Å². The van der Waals surface area contributed by atoms with Gasteiger partial charge < -0.3 is 4.74 Å². The van der Waals surface area contributed by atoms with Crippen molar-refractivity contribution in [1.29, 1.82) is 0 Å².